The largest absolute Gasteiger partial charge is 0.377 e. The Morgan fingerprint density at radius 1 is 1.30 bits per heavy atom. The molecular formula is C20H36IN5O. The van der Waals surface area contributed by atoms with Crippen molar-refractivity contribution in [3.05, 3.63) is 23.9 Å². The molecule has 27 heavy (non-hydrogen) atoms. The molecule has 1 aromatic heterocycles. The summed E-state index contributed by atoms with van der Waals surface area (Å²) >= 11 is 0. The predicted octanol–water partition coefficient (Wildman–Crippen LogP) is 3.27. The molecule has 0 spiro atoms. The van der Waals surface area contributed by atoms with Crippen LogP contribution in [-0.2, 0) is 11.3 Å². The standard InChI is InChI=1S/C20H35N5O.HI/c1-20(2,3)18-15(9-8-12-26-18)13-22-19(21-4)23-14-16-10-7-11-17(24-16)25(5)6;/h7,10-11,15,18H,8-9,12-14H2,1-6H3,(H2,21,22,23);1H. The molecule has 1 aromatic rings. The van der Waals surface area contributed by atoms with E-state index < -0.39 is 0 Å². The molecule has 0 aliphatic carbocycles. The highest BCUT2D eigenvalue weighted by Crippen LogP contribution is 2.33. The number of rotatable bonds is 5. The van der Waals surface area contributed by atoms with Gasteiger partial charge in [-0.05, 0) is 30.4 Å². The van der Waals surface area contributed by atoms with Crippen molar-refractivity contribution in [1.29, 1.82) is 0 Å². The fourth-order valence-corrected chi connectivity index (χ4v) is 3.45. The van der Waals surface area contributed by atoms with Crippen molar-refractivity contribution in [1.82, 2.24) is 15.6 Å². The van der Waals surface area contributed by atoms with Gasteiger partial charge >= 0.3 is 0 Å². The van der Waals surface area contributed by atoms with E-state index >= 15 is 0 Å². The van der Waals surface area contributed by atoms with Crippen LogP contribution in [0, 0.1) is 11.3 Å². The van der Waals surface area contributed by atoms with Gasteiger partial charge in [-0.2, -0.15) is 0 Å². The van der Waals surface area contributed by atoms with Crippen LogP contribution in [0.5, 0.6) is 0 Å². The Kier molecular flexibility index (Phi) is 9.80. The number of nitrogens with one attached hydrogen (secondary N) is 2. The summed E-state index contributed by atoms with van der Waals surface area (Å²) in [7, 11) is 5.80. The lowest BCUT2D eigenvalue weighted by Gasteiger charge is -2.40. The van der Waals surface area contributed by atoms with Crippen molar-refractivity contribution in [2.45, 2.75) is 46.3 Å². The van der Waals surface area contributed by atoms with Crippen LogP contribution in [0.4, 0.5) is 5.82 Å². The highest BCUT2D eigenvalue weighted by molar-refractivity contribution is 14.0. The molecule has 0 saturated carbocycles. The molecule has 6 nitrogen and oxygen atoms in total. The van der Waals surface area contributed by atoms with E-state index in [1.165, 1.54) is 6.42 Å². The molecule has 0 bridgehead atoms. The zero-order valence-corrected chi connectivity index (χ0v) is 19.9. The van der Waals surface area contributed by atoms with Crippen molar-refractivity contribution < 1.29 is 4.74 Å². The first-order valence-corrected chi connectivity index (χ1v) is 9.50. The monoisotopic (exact) mass is 489 g/mol. The zero-order chi connectivity index (χ0) is 19.2. The maximum absolute atomic E-state index is 6.07. The average molecular weight is 489 g/mol. The van der Waals surface area contributed by atoms with Crippen LogP contribution in [0.2, 0.25) is 0 Å². The molecule has 0 amide bonds. The Bertz CT molecular complexity index is 600. The normalized spacial score (nSPS) is 20.6. The second kappa shape index (κ2) is 11.0. The van der Waals surface area contributed by atoms with Gasteiger partial charge in [-0.15, -0.1) is 24.0 Å². The third kappa shape index (κ3) is 7.44. The molecule has 2 N–H and O–H groups in total. The van der Waals surface area contributed by atoms with Crippen molar-refractivity contribution in [2.75, 3.05) is 39.2 Å². The number of hydrogen-bond acceptors (Lipinski definition) is 4. The molecular weight excluding hydrogens is 453 g/mol. The summed E-state index contributed by atoms with van der Waals surface area (Å²) in [5, 5.41) is 6.83. The van der Waals surface area contributed by atoms with Crippen LogP contribution >= 0.6 is 24.0 Å². The molecule has 1 fully saturated rings. The summed E-state index contributed by atoms with van der Waals surface area (Å²) in [5.41, 5.74) is 1.15. The molecule has 1 aliphatic rings. The molecule has 2 rings (SSSR count). The van der Waals surface area contributed by atoms with Gasteiger partial charge in [-0.1, -0.05) is 26.8 Å². The van der Waals surface area contributed by atoms with Crippen LogP contribution in [0.25, 0.3) is 0 Å². The van der Waals surface area contributed by atoms with Gasteiger partial charge in [-0.3, -0.25) is 4.99 Å². The molecule has 7 heteroatoms. The number of pyridine rings is 1. The van der Waals surface area contributed by atoms with E-state index in [9.17, 15) is 0 Å². The topological polar surface area (TPSA) is 61.8 Å². The van der Waals surface area contributed by atoms with Gasteiger partial charge in [0.25, 0.3) is 0 Å². The van der Waals surface area contributed by atoms with E-state index in [2.05, 4.69) is 41.4 Å². The summed E-state index contributed by atoms with van der Waals surface area (Å²) in [4.78, 5) is 11.0. The Morgan fingerprint density at radius 3 is 2.67 bits per heavy atom. The highest BCUT2D eigenvalue weighted by Gasteiger charge is 2.35. The lowest BCUT2D eigenvalue weighted by Crippen LogP contribution is -2.47. The van der Waals surface area contributed by atoms with Gasteiger partial charge in [0.05, 0.1) is 18.3 Å². The fourth-order valence-electron chi connectivity index (χ4n) is 3.45. The number of nitrogens with zero attached hydrogens (tertiary/aromatic N) is 3. The first kappa shape index (κ1) is 23.9. The summed E-state index contributed by atoms with van der Waals surface area (Å²) in [6, 6.07) is 6.06. The second-order valence-electron chi connectivity index (χ2n) is 8.25. The molecule has 0 radical (unpaired) electrons. The molecule has 2 atom stereocenters. The number of guanidine groups is 1. The SMILES string of the molecule is CN=C(NCc1cccc(N(C)C)n1)NCC1CCCOC1C(C)(C)C.I. The third-order valence-corrected chi connectivity index (χ3v) is 4.74. The maximum atomic E-state index is 6.07. The number of aliphatic imine (C=N–C) groups is 1. The number of ether oxygens (including phenoxy) is 1. The zero-order valence-electron chi connectivity index (χ0n) is 17.6. The molecule has 1 saturated heterocycles. The number of anilines is 1. The van der Waals surface area contributed by atoms with E-state index in [1.54, 1.807) is 7.05 Å². The predicted molar refractivity (Wildman–Crippen MR) is 124 cm³/mol. The summed E-state index contributed by atoms with van der Waals surface area (Å²) in [5.74, 6) is 2.26. The lowest BCUT2D eigenvalue weighted by atomic mass is 9.78. The van der Waals surface area contributed by atoms with Crippen LogP contribution in [0.3, 0.4) is 0 Å². The van der Waals surface area contributed by atoms with Gasteiger partial charge in [0, 0.05) is 40.2 Å². The Labute approximate surface area is 181 Å². The number of aromatic nitrogens is 1. The minimum absolute atomic E-state index is 0. The fraction of sp³-hybridized carbons (Fsp3) is 0.700. The Balaban J connectivity index is 0.00000364. The van der Waals surface area contributed by atoms with Crippen LogP contribution in [0.1, 0.15) is 39.3 Å². The quantitative estimate of drug-likeness (QED) is 0.378. The van der Waals surface area contributed by atoms with Gasteiger partial charge in [-0.25, -0.2) is 4.98 Å². The van der Waals surface area contributed by atoms with Crippen molar-refractivity contribution in [3.63, 3.8) is 0 Å². The van der Waals surface area contributed by atoms with Crippen LogP contribution in [0.15, 0.2) is 23.2 Å². The summed E-state index contributed by atoms with van der Waals surface area (Å²) < 4.78 is 6.07. The van der Waals surface area contributed by atoms with Crippen molar-refractivity contribution >= 4 is 35.8 Å². The Hall–Kier alpha value is -1.09. The first-order chi connectivity index (χ1) is 12.3. The second-order valence-corrected chi connectivity index (χ2v) is 8.25. The molecule has 0 aromatic carbocycles. The summed E-state index contributed by atoms with van der Waals surface area (Å²) in [6.07, 6.45) is 2.60. The van der Waals surface area contributed by atoms with E-state index in [4.69, 9.17) is 4.74 Å². The smallest absolute Gasteiger partial charge is 0.191 e. The van der Waals surface area contributed by atoms with Crippen molar-refractivity contribution in [2.24, 2.45) is 16.3 Å². The third-order valence-electron chi connectivity index (χ3n) is 4.74. The minimum Gasteiger partial charge on any atom is -0.377 e. The van der Waals surface area contributed by atoms with Crippen LogP contribution in [-0.4, -0.2) is 51.3 Å². The van der Waals surface area contributed by atoms with Gasteiger partial charge in [0.15, 0.2) is 5.96 Å². The van der Waals surface area contributed by atoms with Gasteiger partial charge in [0.1, 0.15) is 5.82 Å². The molecule has 1 aliphatic heterocycles. The van der Waals surface area contributed by atoms with E-state index in [0.717, 1.165) is 37.0 Å². The van der Waals surface area contributed by atoms with Gasteiger partial charge in [0.2, 0.25) is 0 Å². The molecule has 2 heterocycles. The summed E-state index contributed by atoms with van der Waals surface area (Å²) in [6.45, 7) is 9.16. The van der Waals surface area contributed by atoms with E-state index in [-0.39, 0.29) is 35.5 Å². The van der Waals surface area contributed by atoms with Crippen molar-refractivity contribution in [3.8, 4) is 0 Å². The Morgan fingerprint density at radius 2 is 2.04 bits per heavy atom. The molecule has 154 valence electrons. The van der Waals surface area contributed by atoms with Gasteiger partial charge < -0.3 is 20.3 Å². The number of halogens is 1. The maximum Gasteiger partial charge on any atom is 0.191 e. The average Bonchev–Trinajstić information content (AvgIpc) is 2.61. The van der Waals surface area contributed by atoms with E-state index in [0.29, 0.717) is 12.5 Å². The first-order valence-electron chi connectivity index (χ1n) is 9.50. The minimum atomic E-state index is 0. The van der Waals surface area contributed by atoms with Crippen LogP contribution < -0.4 is 15.5 Å². The molecule has 2 unspecified atom stereocenters. The lowest BCUT2D eigenvalue weighted by molar-refractivity contribution is -0.0835. The highest BCUT2D eigenvalue weighted by atomic mass is 127. The van der Waals surface area contributed by atoms with E-state index in [1.807, 2.05) is 37.2 Å². The number of hydrogen-bond donors (Lipinski definition) is 2.